The van der Waals surface area contributed by atoms with Gasteiger partial charge in [0.15, 0.2) is 15.6 Å². The fourth-order valence-electron chi connectivity index (χ4n) is 0.749. The summed E-state index contributed by atoms with van der Waals surface area (Å²) in [7, 11) is 2.76. The molecule has 2 heterocycles. The highest BCUT2D eigenvalue weighted by Crippen LogP contribution is 2.09. The van der Waals surface area contributed by atoms with Gasteiger partial charge in [-0.3, -0.25) is 0 Å². The molecule has 66 valence electrons. The molecule has 0 bridgehead atoms. The fourth-order valence-corrected chi connectivity index (χ4v) is 2.73. The number of rotatable bonds is 1. The number of pyridine rings is 1. The van der Waals surface area contributed by atoms with Crippen LogP contribution in [0.4, 0.5) is 5.82 Å². The van der Waals surface area contributed by atoms with Gasteiger partial charge in [0, 0.05) is 16.7 Å². The molecule has 0 aliphatic carbocycles. The molecule has 0 saturated carbocycles. The summed E-state index contributed by atoms with van der Waals surface area (Å²) in [5, 5.41) is 0.445. The molecule has 0 aromatic carbocycles. The van der Waals surface area contributed by atoms with Crippen molar-refractivity contribution in [2.45, 2.75) is 0 Å². The van der Waals surface area contributed by atoms with Gasteiger partial charge in [-0.25, -0.2) is 9.98 Å². The van der Waals surface area contributed by atoms with Crippen molar-refractivity contribution >= 4 is 38.3 Å². The van der Waals surface area contributed by atoms with E-state index in [1.165, 1.54) is 20.9 Å². The molecule has 0 N–H and O–H groups in total. The zero-order chi connectivity index (χ0) is 9.10. The van der Waals surface area contributed by atoms with E-state index in [1.807, 2.05) is 18.2 Å². The minimum atomic E-state index is 0.445. The maximum atomic E-state index is 5.78. The lowest BCUT2D eigenvalue weighted by Crippen LogP contribution is -1.92. The number of aromatic nitrogens is 2. The first-order chi connectivity index (χ1) is 6.36. The minimum absolute atomic E-state index is 0.445. The molecular formula is C7H4ClN3S2. The van der Waals surface area contributed by atoms with Crippen LogP contribution in [0.3, 0.4) is 0 Å². The monoisotopic (exact) mass is 229 g/mol. The summed E-state index contributed by atoms with van der Waals surface area (Å²) in [5.41, 5.74) is 0. The average Bonchev–Trinajstić information content (AvgIpc) is 2.54. The number of hydrogen-bond acceptors (Lipinski definition) is 5. The summed E-state index contributed by atoms with van der Waals surface area (Å²) in [6.45, 7) is 0. The Bertz CT molecular complexity index is 448. The van der Waals surface area contributed by atoms with Crippen molar-refractivity contribution in [3.8, 4) is 0 Å². The van der Waals surface area contributed by atoms with Crippen molar-refractivity contribution in [3.05, 3.63) is 34.2 Å². The molecule has 0 fully saturated rings. The van der Waals surface area contributed by atoms with Crippen LogP contribution in [0.2, 0.25) is 5.15 Å². The third-order valence-electron chi connectivity index (χ3n) is 1.28. The molecule has 0 spiro atoms. The van der Waals surface area contributed by atoms with E-state index >= 15 is 0 Å². The van der Waals surface area contributed by atoms with Crippen molar-refractivity contribution in [3.63, 3.8) is 0 Å². The molecule has 0 aliphatic rings. The highest BCUT2D eigenvalue weighted by atomic mass is 35.5. The van der Waals surface area contributed by atoms with Crippen LogP contribution in [0.25, 0.3) is 0 Å². The van der Waals surface area contributed by atoms with Gasteiger partial charge in [0.25, 0.3) is 0 Å². The van der Waals surface area contributed by atoms with Crippen molar-refractivity contribution in [1.29, 1.82) is 0 Å². The van der Waals surface area contributed by atoms with Gasteiger partial charge < -0.3 is 0 Å². The Morgan fingerprint density at radius 3 is 2.92 bits per heavy atom. The van der Waals surface area contributed by atoms with Gasteiger partial charge in [0.2, 0.25) is 0 Å². The Kier molecular flexibility index (Phi) is 2.68. The van der Waals surface area contributed by atoms with E-state index in [4.69, 9.17) is 11.6 Å². The number of halogens is 1. The van der Waals surface area contributed by atoms with E-state index in [0.29, 0.717) is 15.6 Å². The second-order valence-electron chi connectivity index (χ2n) is 2.14. The molecular weight excluding hydrogens is 226 g/mol. The third kappa shape index (κ3) is 2.12. The molecule has 2 rings (SSSR count). The van der Waals surface area contributed by atoms with Gasteiger partial charge in [-0.2, -0.15) is 4.37 Å². The van der Waals surface area contributed by atoms with Crippen LogP contribution >= 0.6 is 32.5 Å². The second-order valence-corrected chi connectivity index (χ2v) is 4.34. The minimum Gasteiger partial charge on any atom is -0.237 e. The summed E-state index contributed by atoms with van der Waals surface area (Å²) in [4.78, 5) is 8.28. The highest BCUT2D eigenvalue weighted by molar-refractivity contribution is 7.66. The standard InChI is InChI=1S/C7H4ClN3S2/c8-6-7(12-13-11-6)10-5-3-1-2-4-9-5/h1-4H/b10-7-. The van der Waals surface area contributed by atoms with Gasteiger partial charge in [-0.05, 0) is 22.5 Å². The van der Waals surface area contributed by atoms with E-state index in [1.54, 1.807) is 6.20 Å². The van der Waals surface area contributed by atoms with Crippen LogP contribution in [0.15, 0.2) is 29.4 Å². The van der Waals surface area contributed by atoms with Crippen LogP contribution in [-0.4, -0.2) is 9.36 Å². The van der Waals surface area contributed by atoms with Gasteiger partial charge in [0.1, 0.15) is 0 Å². The molecule has 13 heavy (non-hydrogen) atoms. The largest absolute Gasteiger partial charge is 0.237 e. The lowest BCUT2D eigenvalue weighted by Gasteiger charge is -1.87. The van der Waals surface area contributed by atoms with Crippen LogP contribution in [-0.2, 0) is 0 Å². The van der Waals surface area contributed by atoms with E-state index in [2.05, 4.69) is 14.3 Å². The summed E-state index contributed by atoms with van der Waals surface area (Å²) in [5.74, 6) is 0.654. The summed E-state index contributed by atoms with van der Waals surface area (Å²) < 4.78 is 4.63. The zero-order valence-corrected chi connectivity index (χ0v) is 8.73. The predicted octanol–water partition coefficient (Wildman–Crippen LogP) is 2.49. The first-order valence-corrected chi connectivity index (χ1v) is 5.92. The lowest BCUT2D eigenvalue weighted by molar-refractivity contribution is 1.23. The molecule has 0 saturated heterocycles. The van der Waals surface area contributed by atoms with E-state index < -0.39 is 0 Å². The second kappa shape index (κ2) is 3.95. The van der Waals surface area contributed by atoms with Gasteiger partial charge >= 0.3 is 0 Å². The van der Waals surface area contributed by atoms with Crippen LogP contribution in [0, 0.1) is 0 Å². The molecule has 6 heteroatoms. The molecule has 0 aliphatic heterocycles. The lowest BCUT2D eigenvalue weighted by atomic mass is 10.5. The fraction of sp³-hybridized carbons (Fsp3) is 0. The molecule has 0 unspecified atom stereocenters. The third-order valence-corrected chi connectivity index (χ3v) is 3.45. The summed E-state index contributed by atoms with van der Waals surface area (Å²) in [6.07, 6.45) is 1.69. The molecule has 0 atom stereocenters. The quantitative estimate of drug-likeness (QED) is 0.705. The topological polar surface area (TPSA) is 38.1 Å². The van der Waals surface area contributed by atoms with Crippen LogP contribution in [0.5, 0.6) is 0 Å². The Hall–Kier alpha value is -0.780. The molecule has 2 aromatic rings. The van der Waals surface area contributed by atoms with Crippen LogP contribution in [0.1, 0.15) is 0 Å². The Morgan fingerprint density at radius 1 is 1.38 bits per heavy atom. The molecule has 0 amide bonds. The van der Waals surface area contributed by atoms with E-state index in [9.17, 15) is 0 Å². The van der Waals surface area contributed by atoms with Crippen molar-refractivity contribution in [2.24, 2.45) is 4.99 Å². The normalized spacial score (nSPS) is 11.9. The molecule has 0 radical (unpaired) electrons. The average molecular weight is 230 g/mol. The molecule has 2 aromatic heterocycles. The maximum absolute atomic E-state index is 5.78. The highest BCUT2D eigenvalue weighted by Gasteiger charge is 1.96. The van der Waals surface area contributed by atoms with Crippen LogP contribution < -0.4 is 4.67 Å². The number of nitrogens with zero attached hydrogens (tertiary/aromatic N) is 3. The zero-order valence-electron chi connectivity index (χ0n) is 6.35. The van der Waals surface area contributed by atoms with Gasteiger partial charge in [-0.1, -0.05) is 17.7 Å². The Balaban J connectivity index is 2.48. The Morgan fingerprint density at radius 2 is 2.31 bits per heavy atom. The predicted molar refractivity (Wildman–Crippen MR) is 54.5 cm³/mol. The van der Waals surface area contributed by atoms with Gasteiger partial charge in [-0.15, -0.1) is 0 Å². The summed E-state index contributed by atoms with van der Waals surface area (Å²) >= 11 is 5.78. The Labute approximate surface area is 86.9 Å². The van der Waals surface area contributed by atoms with E-state index in [0.717, 1.165) is 0 Å². The first kappa shape index (κ1) is 8.80. The smallest absolute Gasteiger partial charge is 0.179 e. The summed E-state index contributed by atoms with van der Waals surface area (Å²) in [6, 6.07) is 5.54. The van der Waals surface area contributed by atoms with Crippen molar-refractivity contribution in [1.82, 2.24) is 9.36 Å². The van der Waals surface area contributed by atoms with Crippen molar-refractivity contribution in [2.75, 3.05) is 0 Å². The molecule has 3 nitrogen and oxygen atoms in total. The number of hydrogen-bond donors (Lipinski definition) is 0. The van der Waals surface area contributed by atoms with E-state index in [-0.39, 0.29) is 0 Å². The first-order valence-electron chi connectivity index (χ1n) is 3.43. The maximum Gasteiger partial charge on any atom is 0.179 e. The van der Waals surface area contributed by atoms with Crippen molar-refractivity contribution < 1.29 is 0 Å². The SMILES string of the molecule is Clc1nss/c1=N\c1ccccn1. The van der Waals surface area contributed by atoms with Gasteiger partial charge in [0.05, 0.1) is 0 Å².